The monoisotopic (exact) mass is 413 g/mol. The molecular weight excluding hydrogens is 390 g/mol. The van der Waals surface area contributed by atoms with E-state index in [1.165, 1.54) is 0 Å². The Balaban J connectivity index is 1.79. The minimum absolute atomic E-state index is 0.151. The largest absolute Gasteiger partial charge is 0.491 e. The molecule has 1 heterocycles. The molecular formula is C26H23NO4. The zero-order valence-electron chi connectivity index (χ0n) is 17.5. The van der Waals surface area contributed by atoms with E-state index in [4.69, 9.17) is 9.15 Å². The molecule has 1 amide bonds. The van der Waals surface area contributed by atoms with E-state index in [1.54, 1.807) is 31.2 Å². The third-order valence-electron chi connectivity index (χ3n) is 5.02. The first-order valence-corrected chi connectivity index (χ1v) is 10.2. The molecule has 0 saturated carbocycles. The van der Waals surface area contributed by atoms with Crippen LogP contribution in [0.2, 0.25) is 0 Å². The van der Waals surface area contributed by atoms with Gasteiger partial charge in [-0.1, -0.05) is 55.5 Å². The van der Waals surface area contributed by atoms with Gasteiger partial charge in [-0.2, -0.15) is 0 Å². The molecule has 1 aromatic heterocycles. The lowest BCUT2D eigenvalue weighted by atomic mass is 10.0. The highest BCUT2D eigenvalue weighted by atomic mass is 16.5. The molecule has 5 heteroatoms. The number of rotatable bonds is 6. The molecule has 0 atom stereocenters. The highest BCUT2D eigenvalue weighted by Crippen LogP contribution is 2.29. The average molecular weight is 413 g/mol. The maximum Gasteiger partial charge on any atom is 0.259 e. The molecule has 0 fully saturated rings. The standard InChI is InChI=1S/C26H23NO4/c1-3-16-30-22-15-8-7-14-21(22)27-26(29)20-13-9-12-19-23(28)17(2)24(31-25(19)20)18-10-5-4-6-11-18/h4-15H,3,16H2,1-2H3,(H,27,29). The lowest BCUT2D eigenvalue weighted by Crippen LogP contribution is -2.15. The van der Waals surface area contributed by atoms with Gasteiger partial charge in [-0.15, -0.1) is 0 Å². The molecule has 0 aliphatic heterocycles. The maximum atomic E-state index is 13.2. The first kappa shape index (κ1) is 20.4. The Morgan fingerprint density at radius 3 is 2.48 bits per heavy atom. The Labute approximate surface area is 180 Å². The van der Waals surface area contributed by atoms with Crippen molar-refractivity contribution in [3.63, 3.8) is 0 Å². The first-order chi connectivity index (χ1) is 15.1. The van der Waals surface area contributed by atoms with Crippen LogP contribution in [0, 0.1) is 6.92 Å². The number of benzene rings is 3. The van der Waals surface area contributed by atoms with Gasteiger partial charge in [-0.3, -0.25) is 9.59 Å². The predicted molar refractivity (Wildman–Crippen MR) is 123 cm³/mol. The van der Waals surface area contributed by atoms with E-state index in [1.807, 2.05) is 55.5 Å². The number of amides is 1. The average Bonchev–Trinajstić information content (AvgIpc) is 2.81. The third-order valence-corrected chi connectivity index (χ3v) is 5.02. The number of anilines is 1. The van der Waals surface area contributed by atoms with Crippen LogP contribution in [0.1, 0.15) is 29.3 Å². The van der Waals surface area contributed by atoms with Crippen molar-refractivity contribution in [1.82, 2.24) is 0 Å². The van der Waals surface area contributed by atoms with Crippen LogP contribution in [0.4, 0.5) is 5.69 Å². The maximum absolute atomic E-state index is 13.2. The van der Waals surface area contributed by atoms with Gasteiger partial charge in [0.15, 0.2) is 11.0 Å². The summed E-state index contributed by atoms with van der Waals surface area (Å²) in [6, 6.07) is 21.7. The zero-order chi connectivity index (χ0) is 21.8. The van der Waals surface area contributed by atoms with E-state index in [-0.39, 0.29) is 22.5 Å². The van der Waals surface area contributed by atoms with E-state index in [2.05, 4.69) is 5.32 Å². The van der Waals surface area contributed by atoms with E-state index in [9.17, 15) is 9.59 Å². The van der Waals surface area contributed by atoms with E-state index in [0.29, 0.717) is 34.8 Å². The Bertz CT molecular complexity index is 1290. The number of carbonyl (C=O) groups excluding carboxylic acids is 1. The Morgan fingerprint density at radius 2 is 1.71 bits per heavy atom. The fourth-order valence-corrected chi connectivity index (χ4v) is 3.45. The topological polar surface area (TPSA) is 68.5 Å². The van der Waals surface area contributed by atoms with Gasteiger partial charge in [0.05, 0.1) is 23.2 Å². The minimum atomic E-state index is -0.371. The molecule has 1 N–H and O–H groups in total. The number of ether oxygens (including phenoxy) is 1. The molecule has 5 nitrogen and oxygen atoms in total. The number of nitrogens with one attached hydrogen (secondary N) is 1. The van der Waals surface area contributed by atoms with Gasteiger partial charge in [0.2, 0.25) is 0 Å². The van der Waals surface area contributed by atoms with Crippen molar-refractivity contribution in [2.24, 2.45) is 0 Å². The third kappa shape index (κ3) is 4.08. The van der Waals surface area contributed by atoms with Gasteiger partial charge in [0.25, 0.3) is 5.91 Å². The lowest BCUT2D eigenvalue weighted by Gasteiger charge is -2.13. The van der Waals surface area contributed by atoms with Crippen molar-refractivity contribution >= 4 is 22.6 Å². The van der Waals surface area contributed by atoms with E-state index >= 15 is 0 Å². The van der Waals surface area contributed by atoms with Crippen LogP contribution in [0.5, 0.6) is 5.75 Å². The van der Waals surface area contributed by atoms with Crippen molar-refractivity contribution in [3.05, 3.63) is 94.1 Å². The molecule has 0 radical (unpaired) electrons. The number of carbonyl (C=O) groups is 1. The lowest BCUT2D eigenvalue weighted by molar-refractivity contribution is 0.102. The van der Waals surface area contributed by atoms with Gasteiger partial charge in [-0.25, -0.2) is 0 Å². The van der Waals surface area contributed by atoms with Crippen LogP contribution in [-0.2, 0) is 0 Å². The SMILES string of the molecule is CCCOc1ccccc1NC(=O)c1cccc2c(=O)c(C)c(-c3ccccc3)oc12. The van der Waals surface area contributed by atoms with Crippen LogP contribution in [0.15, 0.2) is 82.0 Å². The molecule has 0 spiro atoms. The zero-order valence-corrected chi connectivity index (χ0v) is 17.5. The highest BCUT2D eigenvalue weighted by Gasteiger charge is 2.19. The molecule has 3 aromatic carbocycles. The second-order valence-corrected chi connectivity index (χ2v) is 7.23. The Hall–Kier alpha value is -3.86. The fourth-order valence-electron chi connectivity index (χ4n) is 3.45. The fraction of sp³-hybridized carbons (Fsp3) is 0.154. The van der Waals surface area contributed by atoms with Crippen LogP contribution in [-0.4, -0.2) is 12.5 Å². The first-order valence-electron chi connectivity index (χ1n) is 10.2. The van der Waals surface area contributed by atoms with Crippen LogP contribution in [0.25, 0.3) is 22.3 Å². The number of hydrogen-bond donors (Lipinski definition) is 1. The molecule has 4 rings (SSSR count). The van der Waals surface area contributed by atoms with Crippen LogP contribution < -0.4 is 15.5 Å². The van der Waals surface area contributed by atoms with E-state index < -0.39 is 0 Å². The minimum Gasteiger partial charge on any atom is -0.491 e. The van der Waals surface area contributed by atoms with Crippen molar-refractivity contribution in [1.29, 1.82) is 0 Å². The van der Waals surface area contributed by atoms with Gasteiger partial charge in [-0.05, 0) is 37.6 Å². The van der Waals surface area contributed by atoms with Crippen molar-refractivity contribution < 1.29 is 13.9 Å². The summed E-state index contributed by atoms with van der Waals surface area (Å²) < 4.78 is 11.9. The smallest absolute Gasteiger partial charge is 0.259 e. The number of hydrogen-bond acceptors (Lipinski definition) is 4. The second kappa shape index (κ2) is 8.88. The molecule has 156 valence electrons. The Morgan fingerprint density at radius 1 is 0.968 bits per heavy atom. The molecule has 31 heavy (non-hydrogen) atoms. The summed E-state index contributed by atoms with van der Waals surface area (Å²) in [5, 5.41) is 3.27. The molecule has 0 saturated heterocycles. The molecule has 4 aromatic rings. The molecule has 0 bridgehead atoms. The second-order valence-electron chi connectivity index (χ2n) is 7.23. The summed E-state index contributed by atoms with van der Waals surface area (Å²) in [4.78, 5) is 26.2. The normalized spacial score (nSPS) is 10.8. The highest BCUT2D eigenvalue weighted by molar-refractivity contribution is 6.12. The predicted octanol–water partition coefficient (Wildman–Crippen LogP) is 5.81. The summed E-state index contributed by atoms with van der Waals surface area (Å²) in [6.07, 6.45) is 0.859. The summed E-state index contributed by atoms with van der Waals surface area (Å²) in [5.41, 5.74) is 2.26. The van der Waals surface area contributed by atoms with Crippen molar-refractivity contribution in [3.8, 4) is 17.1 Å². The quantitative estimate of drug-likeness (QED) is 0.433. The summed E-state index contributed by atoms with van der Waals surface area (Å²) in [7, 11) is 0. The Kier molecular flexibility index (Phi) is 5.85. The molecule has 0 aliphatic rings. The summed E-state index contributed by atoms with van der Waals surface area (Å²) in [6.45, 7) is 4.31. The van der Waals surface area contributed by atoms with Gasteiger partial charge >= 0.3 is 0 Å². The number of para-hydroxylation sites is 3. The summed E-state index contributed by atoms with van der Waals surface area (Å²) in [5.74, 6) is 0.689. The molecule has 0 aliphatic carbocycles. The van der Waals surface area contributed by atoms with Crippen molar-refractivity contribution in [2.75, 3.05) is 11.9 Å². The summed E-state index contributed by atoms with van der Waals surface area (Å²) >= 11 is 0. The van der Waals surface area contributed by atoms with Crippen LogP contribution >= 0.6 is 0 Å². The number of fused-ring (bicyclic) bond motifs is 1. The molecule has 0 unspecified atom stereocenters. The van der Waals surface area contributed by atoms with Gasteiger partial charge < -0.3 is 14.5 Å². The van der Waals surface area contributed by atoms with E-state index in [0.717, 1.165) is 12.0 Å². The van der Waals surface area contributed by atoms with Gasteiger partial charge in [0, 0.05) is 11.1 Å². The van der Waals surface area contributed by atoms with Gasteiger partial charge in [0.1, 0.15) is 11.5 Å². The van der Waals surface area contributed by atoms with Crippen LogP contribution in [0.3, 0.4) is 0 Å². The van der Waals surface area contributed by atoms with Crippen molar-refractivity contribution in [2.45, 2.75) is 20.3 Å².